The van der Waals surface area contributed by atoms with Crippen LogP contribution in [0.3, 0.4) is 0 Å². The zero-order valence-electron chi connectivity index (χ0n) is 18.1. The molecule has 0 unspecified atom stereocenters. The first-order valence-corrected chi connectivity index (χ1v) is 10.6. The summed E-state index contributed by atoms with van der Waals surface area (Å²) in [6.07, 6.45) is 3.30. The fourth-order valence-electron chi connectivity index (χ4n) is 4.29. The van der Waals surface area contributed by atoms with Crippen LogP contribution in [0.15, 0.2) is 36.4 Å². The van der Waals surface area contributed by atoms with Gasteiger partial charge in [0.1, 0.15) is 0 Å². The summed E-state index contributed by atoms with van der Waals surface area (Å²) in [5, 5.41) is 4.06. The van der Waals surface area contributed by atoms with E-state index in [4.69, 9.17) is 0 Å². The minimum Gasteiger partial charge on any atom is -0.358 e. The number of rotatable bonds is 4. The Morgan fingerprint density at radius 3 is 2.77 bits per heavy atom. The number of amides is 2. The molecule has 1 aliphatic carbocycles. The van der Waals surface area contributed by atoms with Crippen molar-refractivity contribution in [3.8, 4) is 0 Å². The van der Waals surface area contributed by atoms with Gasteiger partial charge in [0.2, 0.25) is 5.91 Å². The minimum atomic E-state index is -0.200. The van der Waals surface area contributed by atoms with Crippen LogP contribution >= 0.6 is 0 Å². The average Bonchev–Trinajstić information content (AvgIpc) is 3.07. The number of likely N-dealkylation sites (N-methyl/N-ethyl adjacent to an activating group) is 1. The molecule has 1 aromatic heterocycles. The molecule has 0 fully saturated rings. The predicted molar refractivity (Wildman–Crippen MR) is 121 cm³/mol. The number of nitrogens with one attached hydrogen (secondary N) is 2. The molecule has 2 N–H and O–H groups in total. The molecule has 5 nitrogen and oxygen atoms in total. The standard InChI is InChI=1S/C25H29N3O2/c1-15-6-9-21-19(11-15)20-13-18(8-10-22(20)26-21)25(30)28(4)14-24(29)27-23-12-16(2)5-7-17(23)3/h5,7-8,10,12-13,15,26H,6,9,11,14H2,1-4H3,(H,27,29)/t15-/m1/s1. The summed E-state index contributed by atoms with van der Waals surface area (Å²) in [7, 11) is 1.67. The zero-order valence-corrected chi connectivity index (χ0v) is 18.1. The van der Waals surface area contributed by atoms with Crippen LogP contribution < -0.4 is 5.32 Å². The Labute approximate surface area is 177 Å². The van der Waals surface area contributed by atoms with Gasteiger partial charge in [-0.2, -0.15) is 0 Å². The SMILES string of the molecule is Cc1ccc(C)c(NC(=O)CN(C)C(=O)c2ccc3[nH]c4c(c3c2)C[C@H](C)CC4)c1. The van der Waals surface area contributed by atoms with Crippen molar-refractivity contribution in [3.63, 3.8) is 0 Å². The molecule has 1 heterocycles. The van der Waals surface area contributed by atoms with E-state index in [0.29, 0.717) is 11.5 Å². The number of aromatic nitrogens is 1. The lowest BCUT2D eigenvalue weighted by Crippen LogP contribution is -2.35. The fourth-order valence-corrected chi connectivity index (χ4v) is 4.29. The maximum absolute atomic E-state index is 13.0. The van der Waals surface area contributed by atoms with Gasteiger partial charge in [-0.05, 0) is 80.0 Å². The summed E-state index contributed by atoms with van der Waals surface area (Å²) >= 11 is 0. The first-order valence-electron chi connectivity index (χ1n) is 10.6. The molecule has 1 atom stereocenters. The highest BCUT2D eigenvalue weighted by Gasteiger charge is 2.22. The van der Waals surface area contributed by atoms with E-state index >= 15 is 0 Å². The highest BCUT2D eigenvalue weighted by atomic mass is 16.2. The monoisotopic (exact) mass is 403 g/mol. The number of carbonyl (C=O) groups excluding carboxylic acids is 2. The summed E-state index contributed by atoms with van der Waals surface area (Å²) in [4.78, 5) is 30.5. The first kappa shape index (κ1) is 20.2. The van der Waals surface area contributed by atoms with E-state index < -0.39 is 0 Å². The van der Waals surface area contributed by atoms with Gasteiger partial charge in [-0.15, -0.1) is 0 Å². The minimum absolute atomic E-state index is 0.00648. The molecule has 2 amide bonds. The van der Waals surface area contributed by atoms with Gasteiger partial charge in [-0.25, -0.2) is 0 Å². The molecule has 0 aliphatic heterocycles. The van der Waals surface area contributed by atoms with Gasteiger partial charge in [-0.1, -0.05) is 19.1 Å². The van der Waals surface area contributed by atoms with Crippen molar-refractivity contribution in [2.75, 3.05) is 18.9 Å². The van der Waals surface area contributed by atoms with Gasteiger partial charge in [0.05, 0.1) is 6.54 Å². The molecule has 0 bridgehead atoms. The highest BCUT2D eigenvalue weighted by Crippen LogP contribution is 2.32. The maximum atomic E-state index is 13.0. The number of carbonyl (C=O) groups is 2. The first-order chi connectivity index (χ1) is 14.3. The molecular weight excluding hydrogens is 374 g/mol. The quantitative estimate of drug-likeness (QED) is 0.668. The number of anilines is 1. The number of nitrogens with zero attached hydrogens (tertiary/aromatic N) is 1. The van der Waals surface area contributed by atoms with Crippen LogP contribution in [0.2, 0.25) is 0 Å². The van der Waals surface area contributed by atoms with Crippen LogP contribution in [0.25, 0.3) is 10.9 Å². The number of aryl methyl sites for hydroxylation is 3. The number of hydrogen-bond acceptors (Lipinski definition) is 2. The van der Waals surface area contributed by atoms with Crippen molar-refractivity contribution < 1.29 is 9.59 Å². The Kier molecular flexibility index (Phi) is 5.37. The molecule has 0 spiro atoms. The van der Waals surface area contributed by atoms with Gasteiger partial charge in [0, 0.05) is 34.9 Å². The van der Waals surface area contributed by atoms with Gasteiger partial charge >= 0.3 is 0 Å². The number of aromatic amines is 1. The zero-order chi connectivity index (χ0) is 21.4. The van der Waals surface area contributed by atoms with Crippen molar-refractivity contribution in [1.82, 2.24) is 9.88 Å². The number of fused-ring (bicyclic) bond motifs is 3. The second-order valence-electron chi connectivity index (χ2n) is 8.72. The molecule has 156 valence electrons. The van der Waals surface area contributed by atoms with E-state index in [-0.39, 0.29) is 18.4 Å². The Balaban J connectivity index is 1.49. The van der Waals surface area contributed by atoms with E-state index in [1.807, 2.05) is 50.2 Å². The third-order valence-corrected chi connectivity index (χ3v) is 6.08. The maximum Gasteiger partial charge on any atom is 0.254 e. The summed E-state index contributed by atoms with van der Waals surface area (Å²) < 4.78 is 0. The van der Waals surface area contributed by atoms with Gasteiger partial charge in [0.15, 0.2) is 0 Å². The average molecular weight is 404 g/mol. The van der Waals surface area contributed by atoms with Crippen LogP contribution in [-0.2, 0) is 17.6 Å². The second-order valence-corrected chi connectivity index (χ2v) is 8.72. The fraction of sp³-hybridized carbons (Fsp3) is 0.360. The highest BCUT2D eigenvalue weighted by molar-refractivity contribution is 6.02. The van der Waals surface area contributed by atoms with Gasteiger partial charge in [-0.3, -0.25) is 9.59 Å². The number of benzene rings is 2. The lowest BCUT2D eigenvalue weighted by molar-refractivity contribution is -0.116. The van der Waals surface area contributed by atoms with Crippen LogP contribution in [0, 0.1) is 19.8 Å². The van der Waals surface area contributed by atoms with E-state index in [1.54, 1.807) is 7.05 Å². The van der Waals surface area contributed by atoms with Crippen molar-refractivity contribution in [2.45, 2.75) is 40.0 Å². The Morgan fingerprint density at radius 2 is 1.97 bits per heavy atom. The third-order valence-electron chi connectivity index (χ3n) is 6.08. The third kappa shape index (κ3) is 3.97. The lowest BCUT2D eigenvalue weighted by atomic mass is 9.87. The van der Waals surface area contributed by atoms with Crippen molar-refractivity contribution >= 4 is 28.4 Å². The number of H-pyrrole nitrogens is 1. The van der Waals surface area contributed by atoms with Crippen molar-refractivity contribution in [2.24, 2.45) is 5.92 Å². The summed E-state index contributed by atoms with van der Waals surface area (Å²) in [6.45, 7) is 6.23. The van der Waals surface area contributed by atoms with E-state index in [0.717, 1.165) is 40.6 Å². The summed E-state index contributed by atoms with van der Waals surface area (Å²) in [5.41, 5.74) is 7.21. The van der Waals surface area contributed by atoms with E-state index in [1.165, 1.54) is 22.6 Å². The largest absolute Gasteiger partial charge is 0.358 e. The molecule has 0 radical (unpaired) electrons. The van der Waals surface area contributed by atoms with Crippen molar-refractivity contribution in [3.05, 3.63) is 64.3 Å². The molecule has 3 aromatic rings. The van der Waals surface area contributed by atoms with Crippen LogP contribution in [0.4, 0.5) is 5.69 Å². The predicted octanol–water partition coefficient (Wildman–Crippen LogP) is 4.62. The Hall–Kier alpha value is -3.08. The molecule has 4 rings (SSSR count). The molecular formula is C25H29N3O2. The second kappa shape index (κ2) is 7.98. The van der Waals surface area contributed by atoms with E-state index in [9.17, 15) is 9.59 Å². The molecule has 0 saturated heterocycles. The van der Waals surface area contributed by atoms with Crippen LogP contribution in [-0.4, -0.2) is 35.3 Å². The topological polar surface area (TPSA) is 65.2 Å². The summed E-state index contributed by atoms with van der Waals surface area (Å²) in [6, 6.07) is 11.7. The lowest BCUT2D eigenvalue weighted by Gasteiger charge is -2.19. The Morgan fingerprint density at radius 1 is 1.17 bits per heavy atom. The Bertz CT molecular complexity index is 1130. The van der Waals surface area contributed by atoms with Crippen LogP contribution in [0.5, 0.6) is 0 Å². The number of hydrogen-bond donors (Lipinski definition) is 2. The molecule has 2 aromatic carbocycles. The van der Waals surface area contributed by atoms with Crippen molar-refractivity contribution in [1.29, 1.82) is 0 Å². The van der Waals surface area contributed by atoms with Gasteiger partial charge < -0.3 is 15.2 Å². The van der Waals surface area contributed by atoms with Gasteiger partial charge in [0.25, 0.3) is 5.91 Å². The normalized spacial score (nSPS) is 15.7. The summed E-state index contributed by atoms with van der Waals surface area (Å²) in [5.74, 6) is 0.313. The smallest absolute Gasteiger partial charge is 0.254 e. The molecule has 1 aliphatic rings. The van der Waals surface area contributed by atoms with E-state index in [2.05, 4.69) is 17.2 Å². The molecule has 0 saturated carbocycles. The molecule has 30 heavy (non-hydrogen) atoms. The van der Waals surface area contributed by atoms with Crippen LogP contribution in [0.1, 0.15) is 46.1 Å². The molecule has 5 heteroatoms.